The number of halogens is 2. The summed E-state index contributed by atoms with van der Waals surface area (Å²) < 4.78 is 35.6. The molecule has 0 bridgehead atoms. The number of hydrogen-bond acceptors (Lipinski definition) is 12. The summed E-state index contributed by atoms with van der Waals surface area (Å²) >= 11 is 15.1. The smallest absolute Gasteiger partial charge is 0.383 e. The number of imidazole rings is 1. The van der Waals surface area contributed by atoms with Crippen molar-refractivity contribution in [2.45, 2.75) is 28.4 Å². The quantitative estimate of drug-likeness (QED) is 0.154. The molecule has 3 rings (SSSR count). The Hall–Kier alpha value is -0.320. The SMILES string of the molecule is Nc1ncnc2c1ncn2[C@@H]1O[C@H](COP(O)(=S)OP(=O)(O)C(Cl)(Cl)P(=O)(O)O)C(O)[C@@H]1O. The van der Waals surface area contributed by atoms with E-state index in [1.54, 1.807) is 0 Å². The summed E-state index contributed by atoms with van der Waals surface area (Å²) in [5.74, 6) is 0.0585. The van der Waals surface area contributed by atoms with Crippen LogP contribution >= 0.6 is 45.1 Å². The number of aliphatic hydroxyl groups excluding tert-OH is 2. The second-order valence-corrected chi connectivity index (χ2v) is 16.0. The van der Waals surface area contributed by atoms with Crippen molar-refractivity contribution < 1.29 is 52.5 Å². The molecule has 8 N–H and O–H groups in total. The zero-order valence-electron chi connectivity index (χ0n) is 15.8. The molecule has 3 heterocycles. The fourth-order valence-electron chi connectivity index (χ4n) is 2.70. The molecule has 6 atom stereocenters. The van der Waals surface area contributed by atoms with Crippen LogP contribution in [-0.2, 0) is 34.5 Å². The Labute approximate surface area is 199 Å². The number of anilines is 1. The number of aliphatic hydroxyl groups is 2. The first-order valence-electron chi connectivity index (χ1n) is 8.38. The normalized spacial score (nSPS) is 28.0. The molecule has 2 aromatic heterocycles. The predicted molar refractivity (Wildman–Crippen MR) is 116 cm³/mol. The molecule has 33 heavy (non-hydrogen) atoms. The molecule has 16 nitrogen and oxygen atoms in total. The van der Waals surface area contributed by atoms with Gasteiger partial charge in [-0.2, -0.15) is 0 Å². The van der Waals surface area contributed by atoms with E-state index >= 15 is 0 Å². The summed E-state index contributed by atoms with van der Waals surface area (Å²) in [4.78, 5) is 49.6. The molecule has 1 aliphatic heterocycles. The second kappa shape index (κ2) is 9.28. The van der Waals surface area contributed by atoms with Crippen molar-refractivity contribution >= 4 is 73.9 Å². The topological polar surface area (TPSA) is 253 Å². The van der Waals surface area contributed by atoms with E-state index in [-0.39, 0.29) is 17.0 Å². The molecule has 22 heteroatoms. The highest BCUT2D eigenvalue weighted by Crippen LogP contribution is 2.79. The number of nitrogens with zero attached hydrogens (tertiary/aromatic N) is 4. The Bertz CT molecular complexity index is 1200. The standard InChI is InChI=1S/C11H16Cl2N5O11P3S/c12-11(13,30(21,22)23)31(24,25)29-32(26,33)27-1-4-6(19)7(20)10(28-4)18-3-17-5-8(14)15-2-16-9(5)18/h2-4,6-7,10,19-20H,1H2,(H,24,25)(H,26,33)(H2,14,15,16)(H2,21,22,23)/t4-,6?,7+,10-,32?/m1/s1. The molecule has 186 valence electrons. The van der Waals surface area contributed by atoms with E-state index < -0.39 is 56.9 Å². The largest absolute Gasteiger partial charge is 0.387 e. The zero-order chi connectivity index (χ0) is 25.0. The Morgan fingerprint density at radius 3 is 2.42 bits per heavy atom. The number of hydrogen-bond donors (Lipinski definition) is 7. The summed E-state index contributed by atoms with van der Waals surface area (Å²) in [6, 6.07) is 0. The highest BCUT2D eigenvalue weighted by atomic mass is 35.5. The molecule has 0 aromatic carbocycles. The average molecular weight is 590 g/mol. The number of alkyl halides is 2. The molecule has 2 aromatic rings. The molecule has 0 amide bonds. The van der Waals surface area contributed by atoms with Gasteiger partial charge in [0, 0.05) is 0 Å². The maximum Gasteiger partial charge on any atom is 0.383 e. The van der Waals surface area contributed by atoms with E-state index in [1.807, 2.05) is 0 Å². The zero-order valence-corrected chi connectivity index (χ0v) is 20.8. The van der Waals surface area contributed by atoms with Gasteiger partial charge in [0.15, 0.2) is 17.7 Å². The van der Waals surface area contributed by atoms with Crippen LogP contribution in [0.15, 0.2) is 12.7 Å². The molecule has 1 aliphatic rings. The molecule has 0 spiro atoms. The molecule has 3 unspecified atom stereocenters. The number of rotatable bonds is 8. The second-order valence-electron chi connectivity index (χ2n) is 6.55. The highest BCUT2D eigenvalue weighted by molar-refractivity contribution is 8.09. The molecular formula is C11H16Cl2N5O11P3S. The van der Waals surface area contributed by atoms with Crippen molar-refractivity contribution in [1.29, 1.82) is 0 Å². The van der Waals surface area contributed by atoms with E-state index in [2.05, 4.69) is 31.1 Å². The lowest BCUT2D eigenvalue weighted by Gasteiger charge is -2.28. The number of aromatic nitrogens is 4. The van der Waals surface area contributed by atoms with Crippen LogP contribution in [0.3, 0.4) is 0 Å². The number of nitrogens with two attached hydrogens (primary N) is 1. The molecule has 1 saturated heterocycles. The van der Waals surface area contributed by atoms with Crippen LogP contribution in [0.2, 0.25) is 0 Å². The molecule has 0 saturated carbocycles. The lowest BCUT2D eigenvalue weighted by molar-refractivity contribution is -0.0485. The molecular weight excluding hydrogens is 574 g/mol. The maximum atomic E-state index is 12.1. The fraction of sp³-hybridized carbons (Fsp3) is 0.545. The van der Waals surface area contributed by atoms with Gasteiger partial charge >= 0.3 is 25.7 Å². The van der Waals surface area contributed by atoms with Gasteiger partial charge < -0.3 is 44.8 Å². The maximum absolute atomic E-state index is 12.1. The van der Waals surface area contributed by atoms with E-state index in [9.17, 15) is 29.1 Å². The Morgan fingerprint density at radius 2 is 1.82 bits per heavy atom. The average Bonchev–Trinajstić information content (AvgIpc) is 3.21. The van der Waals surface area contributed by atoms with Gasteiger partial charge in [-0.1, -0.05) is 23.2 Å². The van der Waals surface area contributed by atoms with Gasteiger partial charge in [0.25, 0.3) is 0 Å². The Morgan fingerprint density at radius 1 is 1.18 bits per heavy atom. The van der Waals surface area contributed by atoms with Gasteiger partial charge in [-0.3, -0.25) is 13.7 Å². The van der Waals surface area contributed by atoms with Crippen molar-refractivity contribution in [3.63, 3.8) is 0 Å². The van der Waals surface area contributed by atoms with Gasteiger partial charge in [0.05, 0.1) is 12.9 Å². The first-order chi connectivity index (χ1) is 15.0. The predicted octanol–water partition coefficient (Wildman–Crippen LogP) is -0.270. The third-order valence-electron chi connectivity index (χ3n) is 4.30. The summed E-state index contributed by atoms with van der Waals surface area (Å²) in [7, 11) is -11.3. The van der Waals surface area contributed by atoms with Gasteiger partial charge in [0.2, 0.25) is 0 Å². The molecule has 0 aliphatic carbocycles. The van der Waals surface area contributed by atoms with Crippen LogP contribution in [0.1, 0.15) is 6.23 Å². The number of ether oxygens (including phenoxy) is 1. The third-order valence-corrected chi connectivity index (χ3v) is 12.9. The lowest BCUT2D eigenvalue weighted by atomic mass is 10.1. The Balaban J connectivity index is 1.72. The lowest BCUT2D eigenvalue weighted by Crippen LogP contribution is -2.33. The van der Waals surface area contributed by atoms with Gasteiger partial charge in [-0.05, 0) is 11.8 Å². The monoisotopic (exact) mass is 589 g/mol. The minimum absolute atomic E-state index is 0.0585. The first-order valence-corrected chi connectivity index (χ1v) is 14.9. The van der Waals surface area contributed by atoms with Crippen molar-refractivity contribution in [3.8, 4) is 0 Å². The highest BCUT2D eigenvalue weighted by Gasteiger charge is 2.62. The van der Waals surface area contributed by atoms with Gasteiger partial charge in [-0.15, -0.1) is 0 Å². The van der Waals surface area contributed by atoms with E-state index in [0.717, 1.165) is 6.33 Å². The van der Waals surface area contributed by atoms with Crippen LogP contribution in [-0.4, -0.2) is 78.0 Å². The number of fused-ring (bicyclic) bond motifs is 1. The molecule has 0 radical (unpaired) electrons. The third kappa shape index (κ3) is 5.28. The van der Waals surface area contributed by atoms with E-state index in [0.29, 0.717) is 0 Å². The van der Waals surface area contributed by atoms with Gasteiger partial charge in [0.1, 0.15) is 30.2 Å². The van der Waals surface area contributed by atoms with Crippen LogP contribution in [0.25, 0.3) is 11.2 Å². The van der Waals surface area contributed by atoms with Crippen molar-refractivity contribution in [2.24, 2.45) is 0 Å². The summed E-state index contributed by atoms with van der Waals surface area (Å²) in [6.45, 7) is -5.52. The molecule has 1 fully saturated rings. The number of nitrogen functional groups attached to an aromatic ring is 1. The van der Waals surface area contributed by atoms with Crippen LogP contribution in [0.5, 0.6) is 0 Å². The van der Waals surface area contributed by atoms with Crippen LogP contribution in [0, 0.1) is 0 Å². The fourth-order valence-corrected chi connectivity index (χ4v) is 7.93. The van der Waals surface area contributed by atoms with Gasteiger partial charge in [-0.25, -0.2) is 19.3 Å². The van der Waals surface area contributed by atoms with Crippen molar-refractivity contribution in [2.75, 3.05) is 12.3 Å². The van der Waals surface area contributed by atoms with E-state index in [1.165, 1.54) is 10.9 Å². The van der Waals surface area contributed by atoms with Crippen LogP contribution in [0.4, 0.5) is 5.82 Å². The van der Waals surface area contributed by atoms with E-state index in [4.69, 9.17) is 48.0 Å². The minimum Gasteiger partial charge on any atom is -0.387 e. The Kier molecular flexibility index (Phi) is 7.67. The summed E-state index contributed by atoms with van der Waals surface area (Å²) in [5, 5.41) is 20.6. The minimum atomic E-state index is -5.66. The van der Waals surface area contributed by atoms with Crippen molar-refractivity contribution in [1.82, 2.24) is 19.5 Å². The van der Waals surface area contributed by atoms with Crippen LogP contribution < -0.4 is 5.73 Å². The summed E-state index contributed by atoms with van der Waals surface area (Å²) in [6.07, 6.45) is -3.41. The summed E-state index contributed by atoms with van der Waals surface area (Å²) in [5.41, 5.74) is 6.08. The van der Waals surface area contributed by atoms with Crippen molar-refractivity contribution in [3.05, 3.63) is 12.7 Å². The first kappa shape index (κ1) is 27.3.